The van der Waals surface area contributed by atoms with E-state index in [4.69, 9.17) is 0 Å². The van der Waals surface area contributed by atoms with E-state index in [9.17, 15) is 4.79 Å². The van der Waals surface area contributed by atoms with Crippen molar-refractivity contribution in [2.45, 2.75) is 46.6 Å². The molecule has 1 aliphatic rings. The number of piperidine rings is 1. The average molecular weight is 263 g/mol. The largest absolute Gasteiger partial charge is 0.316 e. The molecule has 1 atom stereocenters. The van der Waals surface area contributed by atoms with Crippen molar-refractivity contribution in [1.29, 1.82) is 0 Å². The molecule has 2 rings (SSSR count). The van der Waals surface area contributed by atoms with Crippen molar-refractivity contribution >= 4 is 5.78 Å². The van der Waals surface area contributed by atoms with E-state index in [-0.39, 0.29) is 5.41 Å². The molecule has 1 saturated heterocycles. The van der Waals surface area contributed by atoms with Gasteiger partial charge in [0, 0.05) is 24.6 Å². The van der Waals surface area contributed by atoms with E-state index in [2.05, 4.69) is 31.2 Å². The Balaban J connectivity index is 2.00. The smallest absolute Gasteiger partial charge is 0.143 e. The third-order valence-corrected chi connectivity index (χ3v) is 4.41. The van der Waals surface area contributed by atoms with Gasteiger partial charge in [0.1, 0.15) is 5.78 Å². The summed E-state index contributed by atoms with van der Waals surface area (Å²) in [4.78, 5) is 12.6. The number of Topliss-reactive ketones (excluding diaryl/α,β-unsaturated/α-hetero) is 1. The van der Waals surface area contributed by atoms with Crippen LogP contribution in [-0.4, -0.2) is 28.7 Å². The van der Waals surface area contributed by atoms with Crippen LogP contribution in [0.15, 0.2) is 12.4 Å². The van der Waals surface area contributed by atoms with Crippen molar-refractivity contribution in [3.8, 4) is 0 Å². The van der Waals surface area contributed by atoms with Gasteiger partial charge in [0.15, 0.2) is 0 Å². The van der Waals surface area contributed by atoms with Gasteiger partial charge in [-0.3, -0.25) is 9.48 Å². The summed E-state index contributed by atoms with van der Waals surface area (Å²) >= 11 is 0. The van der Waals surface area contributed by atoms with Gasteiger partial charge in [-0.1, -0.05) is 13.8 Å². The Morgan fingerprint density at radius 2 is 2.37 bits per heavy atom. The number of aromatic nitrogens is 2. The quantitative estimate of drug-likeness (QED) is 0.884. The summed E-state index contributed by atoms with van der Waals surface area (Å²) in [6.45, 7) is 9.14. The highest BCUT2D eigenvalue weighted by Gasteiger charge is 2.36. The number of nitrogens with zero attached hydrogens (tertiary/aromatic N) is 2. The second-order valence-electron chi connectivity index (χ2n) is 6.07. The number of carbonyl (C=O) groups is 1. The first kappa shape index (κ1) is 14.3. The summed E-state index contributed by atoms with van der Waals surface area (Å²) in [6.07, 6.45) is 6.63. The molecular weight excluding hydrogens is 238 g/mol. The van der Waals surface area contributed by atoms with E-state index in [0.717, 1.165) is 31.6 Å². The molecule has 0 bridgehead atoms. The lowest BCUT2D eigenvalue weighted by Gasteiger charge is -2.36. The highest BCUT2D eigenvalue weighted by molar-refractivity contribution is 5.86. The fourth-order valence-corrected chi connectivity index (χ4v) is 2.78. The Morgan fingerprint density at radius 1 is 1.58 bits per heavy atom. The van der Waals surface area contributed by atoms with Gasteiger partial charge < -0.3 is 5.32 Å². The molecular formula is C15H25N3O. The van der Waals surface area contributed by atoms with E-state index in [1.807, 2.05) is 17.1 Å². The van der Waals surface area contributed by atoms with Crippen LogP contribution in [0.2, 0.25) is 0 Å². The lowest BCUT2D eigenvalue weighted by atomic mass is 9.71. The number of rotatable bonds is 5. The van der Waals surface area contributed by atoms with Gasteiger partial charge in [-0.2, -0.15) is 5.10 Å². The van der Waals surface area contributed by atoms with Crippen molar-refractivity contribution in [1.82, 2.24) is 15.1 Å². The van der Waals surface area contributed by atoms with Crippen LogP contribution < -0.4 is 5.32 Å². The van der Waals surface area contributed by atoms with Crippen molar-refractivity contribution in [2.75, 3.05) is 13.1 Å². The van der Waals surface area contributed by atoms with Gasteiger partial charge in [0.2, 0.25) is 0 Å². The molecule has 2 heterocycles. The molecule has 4 heteroatoms. The standard InChI is InChI=1S/C15H25N3O/c1-4-18-11-12(9-17-18)8-14(19)15(2,3)13-6-5-7-16-10-13/h9,11,13,16H,4-8,10H2,1-3H3. The molecule has 0 spiro atoms. The molecule has 1 fully saturated rings. The summed E-state index contributed by atoms with van der Waals surface area (Å²) in [5, 5.41) is 7.64. The molecule has 0 aliphatic carbocycles. The second-order valence-corrected chi connectivity index (χ2v) is 6.07. The molecule has 4 nitrogen and oxygen atoms in total. The summed E-state index contributed by atoms with van der Waals surface area (Å²) < 4.78 is 1.87. The maximum atomic E-state index is 12.6. The van der Waals surface area contributed by atoms with Crippen LogP contribution in [0.4, 0.5) is 0 Å². The minimum atomic E-state index is -0.248. The van der Waals surface area contributed by atoms with Gasteiger partial charge in [-0.25, -0.2) is 0 Å². The predicted molar refractivity (Wildman–Crippen MR) is 76.0 cm³/mol. The number of carbonyl (C=O) groups excluding carboxylic acids is 1. The summed E-state index contributed by atoms with van der Waals surface area (Å²) in [6, 6.07) is 0. The summed E-state index contributed by atoms with van der Waals surface area (Å²) in [7, 11) is 0. The number of hydrogen-bond donors (Lipinski definition) is 1. The highest BCUT2D eigenvalue weighted by atomic mass is 16.1. The molecule has 0 aromatic carbocycles. The number of aryl methyl sites for hydroxylation is 1. The maximum Gasteiger partial charge on any atom is 0.143 e. The van der Waals surface area contributed by atoms with Gasteiger partial charge in [-0.05, 0) is 44.3 Å². The van der Waals surface area contributed by atoms with Gasteiger partial charge in [0.25, 0.3) is 0 Å². The van der Waals surface area contributed by atoms with Crippen LogP contribution in [0.5, 0.6) is 0 Å². The van der Waals surface area contributed by atoms with E-state index >= 15 is 0 Å². The second kappa shape index (κ2) is 5.87. The zero-order valence-corrected chi connectivity index (χ0v) is 12.3. The van der Waals surface area contributed by atoms with E-state index in [1.165, 1.54) is 6.42 Å². The summed E-state index contributed by atoms with van der Waals surface area (Å²) in [5.74, 6) is 0.784. The van der Waals surface area contributed by atoms with E-state index in [0.29, 0.717) is 18.1 Å². The van der Waals surface area contributed by atoms with Gasteiger partial charge >= 0.3 is 0 Å². The zero-order valence-electron chi connectivity index (χ0n) is 12.3. The van der Waals surface area contributed by atoms with Crippen molar-refractivity contribution in [3.63, 3.8) is 0 Å². The first-order valence-electron chi connectivity index (χ1n) is 7.29. The monoisotopic (exact) mass is 263 g/mol. The minimum absolute atomic E-state index is 0.248. The molecule has 1 aromatic rings. The fourth-order valence-electron chi connectivity index (χ4n) is 2.78. The third kappa shape index (κ3) is 3.24. The first-order chi connectivity index (χ1) is 9.04. The molecule has 106 valence electrons. The topological polar surface area (TPSA) is 46.9 Å². The molecule has 0 amide bonds. The van der Waals surface area contributed by atoms with Crippen LogP contribution in [0, 0.1) is 11.3 Å². The SMILES string of the molecule is CCn1cc(CC(=O)C(C)(C)C2CCCNC2)cn1. The molecule has 1 unspecified atom stereocenters. The Labute approximate surface area is 115 Å². The van der Waals surface area contributed by atoms with E-state index in [1.54, 1.807) is 0 Å². The first-order valence-corrected chi connectivity index (χ1v) is 7.29. The summed E-state index contributed by atoms with van der Waals surface area (Å²) in [5.41, 5.74) is 0.783. The fraction of sp³-hybridized carbons (Fsp3) is 0.733. The molecule has 0 saturated carbocycles. The van der Waals surface area contributed by atoms with Crippen LogP contribution >= 0.6 is 0 Å². The van der Waals surface area contributed by atoms with E-state index < -0.39 is 0 Å². The third-order valence-electron chi connectivity index (χ3n) is 4.41. The molecule has 0 radical (unpaired) electrons. The van der Waals surface area contributed by atoms with Crippen molar-refractivity contribution in [2.24, 2.45) is 11.3 Å². The number of hydrogen-bond acceptors (Lipinski definition) is 3. The molecule has 19 heavy (non-hydrogen) atoms. The number of nitrogens with one attached hydrogen (secondary N) is 1. The van der Waals surface area contributed by atoms with Crippen LogP contribution in [0.3, 0.4) is 0 Å². The lowest BCUT2D eigenvalue weighted by molar-refractivity contribution is -0.129. The maximum absolute atomic E-state index is 12.6. The van der Waals surface area contributed by atoms with Crippen LogP contribution in [-0.2, 0) is 17.8 Å². The molecule has 1 aromatic heterocycles. The molecule has 1 N–H and O–H groups in total. The van der Waals surface area contributed by atoms with Crippen molar-refractivity contribution < 1.29 is 4.79 Å². The number of ketones is 1. The Bertz CT molecular complexity index is 430. The average Bonchev–Trinajstić information content (AvgIpc) is 2.87. The normalized spacial score (nSPS) is 20.5. The highest BCUT2D eigenvalue weighted by Crippen LogP contribution is 2.33. The lowest BCUT2D eigenvalue weighted by Crippen LogP contribution is -2.43. The van der Waals surface area contributed by atoms with Crippen LogP contribution in [0.25, 0.3) is 0 Å². The molecule has 1 aliphatic heterocycles. The zero-order chi connectivity index (χ0) is 13.9. The van der Waals surface area contributed by atoms with Crippen LogP contribution in [0.1, 0.15) is 39.2 Å². The minimum Gasteiger partial charge on any atom is -0.316 e. The van der Waals surface area contributed by atoms with Gasteiger partial charge in [-0.15, -0.1) is 0 Å². The Hall–Kier alpha value is -1.16. The van der Waals surface area contributed by atoms with Crippen molar-refractivity contribution in [3.05, 3.63) is 18.0 Å². The Morgan fingerprint density at radius 3 is 2.95 bits per heavy atom. The van der Waals surface area contributed by atoms with Gasteiger partial charge in [0.05, 0.1) is 6.20 Å². The predicted octanol–water partition coefficient (Wildman–Crippen LogP) is 2.04. The Kier molecular flexibility index (Phi) is 4.40.